The van der Waals surface area contributed by atoms with Gasteiger partial charge in [0.05, 0.1) is 26.0 Å². The summed E-state index contributed by atoms with van der Waals surface area (Å²) in [6, 6.07) is 2.49. The summed E-state index contributed by atoms with van der Waals surface area (Å²) in [6.45, 7) is 0. The Bertz CT molecular complexity index is 650. The molecule has 0 spiro atoms. The Morgan fingerprint density at radius 2 is 1.77 bits per heavy atom. The fourth-order valence-electron chi connectivity index (χ4n) is 3.01. The lowest BCUT2D eigenvalue weighted by atomic mass is 9.96. The third-order valence-electron chi connectivity index (χ3n) is 4.12. The fraction of sp³-hybridized carbons (Fsp3) is 0.562. The molecule has 0 radical (unpaired) electrons. The van der Waals surface area contributed by atoms with Crippen LogP contribution in [-0.2, 0) is 0 Å². The molecule has 1 saturated carbocycles. The second-order valence-corrected chi connectivity index (χ2v) is 6.52. The molecule has 6 heteroatoms. The smallest absolute Gasteiger partial charge is 0.205 e. The van der Waals surface area contributed by atoms with Gasteiger partial charge in [-0.05, 0) is 12.8 Å². The molecule has 2 aromatic rings. The average Bonchev–Trinajstić information content (AvgIpc) is 2.95. The molecule has 0 amide bonds. The lowest BCUT2D eigenvalue weighted by Gasteiger charge is -2.22. The standard InChI is InChI=1S/C16H22N2O3S/c1-19-11-9-12-13(15(21-3)14(11)20-2)18-16(22-12)17-10-7-5-4-6-8-10/h9-10H,4-8H2,1-3H3,(H,17,18). The molecular formula is C16H22N2O3S. The van der Waals surface area contributed by atoms with Crippen LogP contribution in [0.25, 0.3) is 10.2 Å². The third kappa shape index (κ3) is 2.79. The molecule has 3 rings (SSSR count). The van der Waals surface area contributed by atoms with Gasteiger partial charge in [0.25, 0.3) is 0 Å². The van der Waals surface area contributed by atoms with E-state index < -0.39 is 0 Å². The second kappa shape index (κ2) is 6.60. The van der Waals surface area contributed by atoms with Crippen LogP contribution in [0.2, 0.25) is 0 Å². The highest BCUT2D eigenvalue weighted by molar-refractivity contribution is 7.22. The molecule has 120 valence electrons. The minimum absolute atomic E-state index is 0.532. The van der Waals surface area contributed by atoms with Crippen molar-refractivity contribution in [3.8, 4) is 17.2 Å². The van der Waals surface area contributed by atoms with E-state index in [1.807, 2.05) is 6.07 Å². The highest BCUT2D eigenvalue weighted by Gasteiger charge is 2.21. The maximum atomic E-state index is 5.51. The van der Waals surface area contributed by atoms with Crippen LogP contribution < -0.4 is 19.5 Å². The maximum absolute atomic E-state index is 5.51. The Kier molecular flexibility index (Phi) is 4.57. The Hall–Kier alpha value is -1.69. The molecule has 1 aliphatic carbocycles. The van der Waals surface area contributed by atoms with Crippen molar-refractivity contribution >= 4 is 26.7 Å². The van der Waals surface area contributed by atoms with Gasteiger partial charge in [0.2, 0.25) is 5.75 Å². The number of nitrogens with one attached hydrogen (secondary N) is 1. The minimum Gasteiger partial charge on any atom is -0.493 e. The van der Waals surface area contributed by atoms with Gasteiger partial charge in [0.1, 0.15) is 5.52 Å². The van der Waals surface area contributed by atoms with Gasteiger partial charge in [-0.3, -0.25) is 0 Å². The van der Waals surface area contributed by atoms with E-state index in [1.165, 1.54) is 32.1 Å². The lowest BCUT2D eigenvalue weighted by molar-refractivity contribution is 0.327. The zero-order chi connectivity index (χ0) is 15.5. The largest absolute Gasteiger partial charge is 0.493 e. The normalized spacial score (nSPS) is 15.8. The van der Waals surface area contributed by atoms with Gasteiger partial charge in [-0.15, -0.1) is 0 Å². The van der Waals surface area contributed by atoms with Gasteiger partial charge >= 0.3 is 0 Å². The van der Waals surface area contributed by atoms with Crippen molar-refractivity contribution in [1.82, 2.24) is 4.98 Å². The number of methoxy groups -OCH3 is 3. The predicted molar refractivity (Wildman–Crippen MR) is 89.8 cm³/mol. The molecule has 0 unspecified atom stereocenters. The number of nitrogens with zero attached hydrogens (tertiary/aromatic N) is 1. The number of hydrogen-bond donors (Lipinski definition) is 1. The van der Waals surface area contributed by atoms with E-state index in [1.54, 1.807) is 32.7 Å². The zero-order valence-electron chi connectivity index (χ0n) is 13.3. The number of fused-ring (bicyclic) bond motifs is 1. The van der Waals surface area contributed by atoms with Gasteiger partial charge in [-0.2, -0.15) is 0 Å². The number of rotatable bonds is 5. The number of thiazole rings is 1. The van der Waals surface area contributed by atoms with Crippen LogP contribution in [-0.4, -0.2) is 32.4 Å². The molecule has 1 aromatic carbocycles. The van der Waals surface area contributed by atoms with E-state index in [0.717, 1.165) is 15.3 Å². The first-order chi connectivity index (χ1) is 10.8. The fourth-order valence-corrected chi connectivity index (χ4v) is 3.99. The lowest BCUT2D eigenvalue weighted by Crippen LogP contribution is -2.21. The van der Waals surface area contributed by atoms with Crippen molar-refractivity contribution in [3.63, 3.8) is 0 Å². The van der Waals surface area contributed by atoms with E-state index in [-0.39, 0.29) is 0 Å². The number of hydrogen-bond acceptors (Lipinski definition) is 6. The molecule has 5 nitrogen and oxygen atoms in total. The Labute approximate surface area is 134 Å². The van der Waals surface area contributed by atoms with Crippen LogP contribution in [0.4, 0.5) is 5.13 Å². The van der Waals surface area contributed by atoms with E-state index in [4.69, 9.17) is 19.2 Å². The van der Waals surface area contributed by atoms with E-state index >= 15 is 0 Å². The van der Waals surface area contributed by atoms with Gasteiger partial charge in [0, 0.05) is 12.1 Å². The highest BCUT2D eigenvalue weighted by Crippen LogP contribution is 2.45. The summed E-state index contributed by atoms with van der Waals surface area (Å²) in [5, 5.41) is 4.51. The Morgan fingerprint density at radius 1 is 1.05 bits per heavy atom. The summed E-state index contributed by atoms with van der Waals surface area (Å²) < 4.78 is 17.4. The molecule has 1 fully saturated rings. The van der Waals surface area contributed by atoms with Crippen molar-refractivity contribution in [2.45, 2.75) is 38.1 Å². The Morgan fingerprint density at radius 3 is 2.41 bits per heavy atom. The summed E-state index contributed by atoms with van der Waals surface area (Å²) >= 11 is 1.63. The highest BCUT2D eigenvalue weighted by atomic mass is 32.1. The maximum Gasteiger partial charge on any atom is 0.205 e. The van der Waals surface area contributed by atoms with Crippen molar-refractivity contribution in [2.75, 3.05) is 26.6 Å². The minimum atomic E-state index is 0.532. The van der Waals surface area contributed by atoms with Crippen LogP contribution in [0.1, 0.15) is 32.1 Å². The molecule has 0 bridgehead atoms. The number of benzene rings is 1. The van der Waals surface area contributed by atoms with Crippen LogP contribution in [0, 0.1) is 0 Å². The molecule has 1 aromatic heterocycles. The predicted octanol–water partition coefficient (Wildman–Crippen LogP) is 4.07. The number of aromatic nitrogens is 1. The van der Waals surface area contributed by atoms with Gasteiger partial charge in [-0.25, -0.2) is 4.98 Å². The summed E-state index contributed by atoms with van der Waals surface area (Å²) in [6.07, 6.45) is 6.39. The first kappa shape index (κ1) is 15.2. The van der Waals surface area contributed by atoms with Crippen molar-refractivity contribution in [2.24, 2.45) is 0 Å². The molecule has 1 heterocycles. The number of ether oxygens (including phenoxy) is 3. The van der Waals surface area contributed by atoms with Gasteiger partial charge < -0.3 is 19.5 Å². The van der Waals surface area contributed by atoms with Crippen LogP contribution in [0.5, 0.6) is 17.2 Å². The molecule has 1 N–H and O–H groups in total. The third-order valence-corrected chi connectivity index (χ3v) is 5.06. The summed E-state index contributed by atoms with van der Waals surface area (Å²) in [5.41, 5.74) is 0.823. The van der Waals surface area contributed by atoms with E-state index in [2.05, 4.69) is 5.32 Å². The zero-order valence-corrected chi connectivity index (χ0v) is 14.1. The molecule has 0 aliphatic heterocycles. The van der Waals surface area contributed by atoms with E-state index in [0.29, 0.717) is 23.3 Å². The molecule has 22 heavy (non-hydrogen) atoms. The van der Waals surface area contributed by atoms with Crippen LogP contribution in [0.3, 0.4) is 0 Å². The summed E-state index contributed by atoms with van der Waals surface area (Å²) in [7, 11) is 4.87. The Balaban J connectivity index is 1.97. The van der Waals surface area contributed by atoms with Gasteiger partial charge in [0.15, 0.2) is 16.6 Å². The molecular weight excluding hydrogens is 300 g/mol. The first-order valence-electron chi connectivity index (χ1n) is 7.63. The topological polar surface area (TPSA) is 52.6 Å². The van der Waals surface area contributed by atoms with Gasteiger partial charge in [-0.1, -0.05) is 30.6 Å². The molecule has 1 aliphatic rings. The molecule has 0 atom stereocenters. The monoisotopic (exact) mass is 322 g/mol. The molecule has 0 saturated heterocycles. The van der Waals surface area contributed by atoms with Crippen molar-refractivity contribution < 1.29 is 14.2 Å². The summed E-state index contributed by atoms with van der Waals surface area (Å²) in [5.74, 6) is 1.89. The SMILES string of the molecule is COc1cc2sc(NC3CCCCC3)nc2c(OC)c1OC. The number of anilines is 1. The quantitative estimate of drug-likeness (QED) is 0.899. The van der Waals surface area contributed by atoms with E-state index in [9.17, 15) is 0 Å². The average molecular weight is 322 g/mol. The van der Waals surface area contributed by atoms with Crippen molar-refractivity contribution in [3.05, 3.63) is 6.07 Å². The second-order valence-electron chi connectivity index (χ2n) is 5.49. The van der Waals surface area contributed by atoms with Crippen LogP contribution >= 0.6 is 11.3 Å². The first-order valence-corrected chi connectivity index (χ1v) is 8.44. The summed E-state index contributed by atoms with van der Waals surface area (Å²) in [4.78, 5) is 4.71. The van der Waals surface area contributed by atoms with Crippen LogP contribution in [0.15, 0.2) is 6.07 Å². The van der Waals surface area contributed by atoms with Crippen molar-refractivity contribution in [1.29, 1.82) is 0 Å².